The summed E-state index contributed by atoms with van der Waals surface area (Å²) in [4.78, 5) is 18.9. The Kier molecular flexibility index (Phi) is 4.59. The Labute approximate surface area is 131 Å². The second-order valence-corrected chi connectivity index (χ2v) is 5.46. The van der Waals surface area contributed by atoms with E-state index in [1.165, 1.54) is 24.3 Å². The monoisotopic (exact) mass is 326 g/mol. The summed E-state index contributed by atoms with van der Waals surface area (Å²) in [6.45, 7) is 3.86. The number of halogens is 2. The maximum absolute atomic E-state index is 11.0. The van der Waals surface area contributed by atoms with Gasteiger partial charge in [-0.25, -0.2) is 9.97 Å². The van der Waals surface area contributed by atoms with Gasteiger partial charge in [-0.3, -0.25) is 10.1 Å². The van der Waals surface area contributed by atoms with Gasteiger partial charge in [-0.1, -0.05) is 37.0 Å². The van der Waals surface area contributed by atoms with Crippen LogP contribution in [0.3, 0.4) is 0 Å². The third kappa shape index (κ3) is 3.80. The van der Waals surface area contributed by atoms with E-state index < -0.39 is 4.92 Å². The molecule has 0 aliphatic rings. The second kappa shape index (κ2) is 6.24. The highest BCUT2D eigenvalue weighted by molar-refractivity contribution is 6.31. The second-order valence-electron chi connectivity index (χ2n) is 4.63. The van der Waals surface area contributed by atoms with Crippen LogP contribution in [0.15, 0.2) is 24.3 Å². The highest BCUT2D eigenvalue weighted by Gasteiger charge is 2.15. The normalized spacial score (nSPS) is 10.7. The van der Waals surface area contributed by atoms with Gasteiger partial charge in [0.15, 0.2) is 0 Å². The van der Waals surface area contributed by atoms with E-state index in [1.54, 1.807) is 0 Å². The van der Waals surface area contributed by atoms with Crippen molar-refractivity contribution < 1.29 is 4.92 Å². The summed E-state index contributed by atoms with van der Waals surface area (Å²) in [5.74, 6) is 1.01. The molecule has 0 unspecified atom stereocenters. The van der Waals surface area contributed by atoms with Gasteiger partial charge in [0, 0.05) is 23.1 Å². The number of nitrogens with one attached hydrogen (secondary N) is 1. The van der Waals surface area contributed by atoms with Crippen LogP contribution in [0.4, 0.5) is 17.2 Å². The van der Waals surface area contributed by atoms with E-state index in [2.05, 4.69) is 15.3 Å². The minimum atomic E-state index is -0.495. The molecular formula is C13H12Cl2N4O2. The lowest BCUT2D eigenvalue weighted by molar-refractivity contribution is -0.383. The molecule has 1 heterocycles. The van der Waals surface area contributed by atoms with E-state index >= 15 is 0 Å². The van der Waals surface area contributed by atoms with Crippen molar-refractivity contribution in [1.29, 1.82) is 0 Å². The number of benzene rings is 1. The number of nitro benzene ring substituents is 1. The van der Waals surface area contributed by atoms with Crippen molar-refractivity contribution in [3.05, 3.63) is 50.4 Å². The molecular weight excluding hydrogens is 315 g/mol. The fraction of sp³-hybridized carbons (Fsp3) is 0.231. The lowest BCUT2D eigenvalue weighted by Crippen LogP contribution is -2.03. The van der Waals surface area contributed by atoms with E-state index in [0.717, 1.165) is 0 Å². The zero-order valence-corrected chi connectivity index (χ0v) is 12.8. The van der Waals surface area contributed by atoms with Crippen molar-refractivity contribution in [2.24, 2.45) is 0 Å². The van der Waals surface area contributed by atoms with Crippen molar-refractivity contribution in [2.45, 2.75) is 19.8 Å². The van der Waals surface area contributed by atoms with Gasteiger partial charge in [0.25, 0.3) is 5.69 Å². The maximum atomic E-state index is 11.0. The van der Waals surface area contributed by atoms with Crippen LogP contribution in [0.2, 0.25) is 10.2 Å². The first-order chi connectivity index (χ1) is 9.86. The van der Waals surface area contributed by atoms with Crippen molar-refractivity contribution in [3.8, 4) is 0 Å². The SMILES string of the molecule is CC(C)c1nc(Cl)cc(Nc2cc(Cl)ccc2[N+](=O)[O-])n1. The zero-order valence-electron chi connectivity index (χ0n) is 11.3. The van der Waals surface area contributed by atoms with Crippen molar-refractivity contribution in [1.82, 2.24) is 9.97 Å². The fourth-order valence-corrected chi connectivity index (χ4v) is 2.03. The molecule has 2 rings (SSSR count). The molecule has 0 saturated heterocycles. The molecule has 0 fully saturated rings. The van der Waals surface area contributed by atoms with Crippen molar-refractivity contribution >= 4 is 40.4 Å². The average molecular weight is 327 g/mol. The van der Waals surface area contributed by atoms with Gasteiger partial charge in [0.2, 0.25) is 0 Å². The molecule has 0 aliphatic heterocycles. The van der Waals surface area contributed by atoms with Crippen LogP contribution in [-0.2, 0) is 0 Å². The number of nitrogens with zero attached hydrogens (tertiary/aromatic N) is 3. The number of nitro groups is 1. The van der Waals surface area contributed by atoms with Crippen LogP contribution in [-0.4, -0.2) is 14.9 Å². The van der Waals surface area contributed by atoms with E-state index in [1.807, 2.05) is 13.8 Å². The molecule has 110 valence electrons. The lowest BCUT2D eigenvalue weighted by Gasteiger charge is -2.10. The summed E-state index contributed by atoms with van der Waals surface area (Å²) >= 11 is 11.8. The fourth-order valence-electron chi connectivity index (χ4n) is 1.66. The van der Waals surface area contributed by atoms with Crippen LogP contribution in [0, 0.1) is 10.1 Å². The van der Waals surface area contributed by atoms with Crippen LogP contribution in [0.25, 0.3) is 0 Å². The first-order valence-corrected chi connectivity index (χ1v) is 6.88. The molecule has 8 heteroatoms. The third-order valence-corrected chi connectivity index (χ3v) is 3.08. The number of hydrogen-bond acceptors (Lipinski definition) is 5. The maximum Gasteiger partial charge on any atom is 0.292 e. The summed E-state index contributed by atoms with van der Waals surface area (Å²) in [6, 6.07) is 5.75. The Bertz CT molecular complexity index is 692. The van der Waals surface area contributed by atoms with E-state index in [4.69, 9.17) is 23.2 Å². The van der Waals surface area contributed by atoms with E-state index in [9.17, 15) is 10.1 Å². The quantitative estimate of drug-likeness (QED) is 0.506. The number of rotatable bonds is 4. The summed E-state index contributed by atoms with van der Waals surface area (Å²) in [5.41, 5.74) is 0.150. The first kappa shape index (κ1) is 15.5. The largest absolute Gasteiger partial charge is 0.334 e. The van der Waals surface area contributed by atoms with Crippen LogP contribution >= 0.6 is 23.2 Å². The van der Waals surface area contributed by atoms with Crippen molar-refractivity contribution in [3.63, 3.8) is 0 Å². The molecule has 21 heavy (non-hydrogen) atoms. The topological polar surface area (TPSA) is 81.0 Å². The molecule has 0 bridgehead atoms. The lowest BCUT2D eigenvalue weighted by atomic mass is 10.2. The van der Waals surface area contributed by atoms with Gasteiger partial charge in [0.05, 0.1) is 4.92 Å². The number of aromatic nitrogens is 2. The molecule has 6 nitrogen and oxygen atoms in total. The Hall–Kier alpha value is -1.92. The van der Waals surface area contributed by atoms with Crippen LogP contribution < -0.4 is 5.32 Å². The standard InChI is InChI=1S/C13H12Cl2N4O2/c1-7(2)13-17-11(15)6-12(18-13)16-9-5-8(14)3-4-10(9)19(20)21/h3-7H,1-2H3,(H,16,17,18). The minimum absolute atomic E-state index is 0.0820. The first-order valence-electron chi connectivity index (χ1n) is 6.12. The van der Waals surface area contributed by atoms with Gasteiger partial charge in [-0.05, 0) is 12.1 Å². The zero-order chi connectivity index (χ0) is 15.6. The molecule has 0 radical (unpaired) electrons. The highest BCUT2D eigenvalue weighted by Crippen LogP contribution is 2.30. The highest BCUT2D eigenvalue weighted by atomic mass is 35.5. The van der Waals surface area contributed by atoms with Crippen LogP contribution in [0.5, 0.6) is 0 Å². The van der Waals surface area contributed by atoms with E-state index in [-0.39, 0.29) is 22.4 Å². The molecule has 0 atom stereocenters. The third-order valence-electron chi connectivity index (χ3n) is 2.65. The van der Waals surface area contributed by atoms with E-state index in [0.29, 0.717) is 16.7 Å². The van der Waals surface area contributed by atoms with Gasteiger partial charge in [0.1, 0.15) is 22.5 Å². The molecule has 1 aromatic heterocycles. The smallest absolute Gasteiger partial charge is 0.292 e. The minimum Gasteiger partial charge on any atom is -0.334 e. The predicted molar refractivity (Wildman–Crippen MR) is 82.5 cm³/mol. The molecule has 0 aliphatic carbocycles. The Morgan fingerprint density at radius 2 is 1.95 bits per heavy atom. The van der Waals surface area contributed by atoms with Gasteiger partial charge >= 0.3 is 0 Å². The molecule has 0 amide bonds. The Morgan fingerprint density at radius 3 is 2.57 bits per heavy atom. The van der Waals surface area contributed by atoms with Crippen molar-refractivity contribution in [2.75, 3.05) is 5.32 Å². The van der Waals surface area contributed by atoms with Gasteiger partial charge < -0.3 is 5.32 Å². The average Bonchev–Trinajstić information content (AvgIpc) is 2.37. The summed E-state index contributed by atoms with van der Waals surface area (Å²) < 4.78 is 0. The Balaban J connectivity index is 2.42. The summed E-state index contributed by atoms with van der Waals surface area (Å²) in [5, 5.41) is 14.5. The number of hydrogen-bond donors (Lipinski definition) is 1. The summed E-state index contributed by atoms with van der Waals surface area (Å²) in [6.07, 6.45) is 0. The van der Waals surface area contributed by atoms with Crippen LogP contribution in [0.1, 0.15) is 25.6 Å². The molecule has 0 saturated carbocycles. The number of anilines is 2. The molecule has 1 aromatic carbocycles. The molecule has 2 aromatic rings. The molecule has 0 spiro atoms. The van der Waals surface area contributed by atoms with Gasteiger partial charge in [-0.15, -0.1) is 0 Å². The predicted octanol–water partition coefficient (Wildman–Crippen LogP) is 4.56. The molecule has 1 N–H and O–H groups in total. The summed E-state index contributed by atoms with van der Waals surface area (Å²) in [7, 11) is 0. The van der Waals surface area contributed by atoms with Gasteiger partial charge in [-0.2, -0.15) is 0 Å². The Morgan fingerprint density at radius 1 is 1.24 bits per heavy atom.